The average Bonchev–Trinajstić information content (AvgIpc) is 3.31. The molecule has 0 saturated carbocycles. The van der Waals surface area contributed by atoms with Crippen LogP contribution in [0.2, 0.25) is 0 Å². The monoisotopic (exact) mass is 390 g/mol. The highest BCUT2D eigenvalue weighted by Crippen LogP contribution is 2.33. The summed E-state index contributed by atoms with van der Waals surface area (Å²) in [7, 11) is 0. The highest BCUT2D eigenvalue weighted by molar-refractivity contribution is 7.25. The van der Waals surface area contributed by atoms with Crippen LogP contribution in [0.5, 0.6) is 0 Å². The van der Waals surface area contributed by atoms with Gasteiger partial charge >= 0.3 is 0 Å². The van der Waals surface area contributed by atoms with Gasteiger partial charge in [0.1, 0.15) is 33.5 Å². The minimum Gasteiger partial charge on any atom is -0.358 e. The van der Waals surface area contributed by atoms with Crippen LogP contribution in [-0.2, 0) is 0 Å². The molecule has 130 valence electrons. The molecule has 7 nitrogen and oxygen atoms in total. The van der Waals surface area contributed by atoms with E-state index in [4.69, 9.17) is 6.42 Å². The van der Waals surface area contributed by atoms with Crippen LogP contribution in [0.25, 0.3) is 36.3 Å². The first kappa shape index (κ1) is 15.9. The first-order valence-electron chi connectivity index (χ1n) is 7.92. The molecule has 0 spiro atoms. The van der Waals surface area contributed by atoms with Gasteiger partial charge in [0.2, 0.25) is 0 Å². The predicted octanol–water partition coefficient (Wildman–Crippen LogP) is 3.05. The van der Waals surface area contributed by atoms with Crippen LogP contribution < -0.4 is 10.9 Å². The largest absolute Gasteiger partial charge is 0.358 e. The standard InChI is InChI=1S/C18H10N6OS2/c1-2-5-19-16-13-14-15(27-17(13)21-7-20-16)18(25)24(8-22-14)10-3-4-11-12(6-10)26-9-23-11/h1,3-4,6-9H,5H2,(H,19,20,21). The molecule has 4 aromatic heterocycles. The number of thiophene rings is 1. The average molecular weight is 390 g/mol. The topological polar surface area (TPSA) is 85.6 Å². The Hall–Kier alpha value is -3.35. The van der Waals surface area contributed by atoms with E-state index in [2.05, 4.69) is 31.2 Å². The van der Waals surface area contributed by atoms with Crippen LogP contribution in [0.4, 0.5) is 5.82 Å². The van der Waals surface area contributed by atoms with E-state index in [1.54, 1.807) is 10.1 Å². The molecule has 0 fully saturated rings. The SMILES string of the molecule is C#CCNc1ncnc2sc3c(=O)n(-c4ccc5ncsc5c4)cnc3c12. The molecule has 0 aliphatic heterocycles. The second-order valence-electron chi connectivity index (χ2n) is 5.66. The van der Waals surface area contributed by atoms with Crippen molar-refractivity contribution in [2.24, 2.45) is 0 Å². The minimum absolute atomic E-state index is 0.144. The van der Waals surface area contributed by atoms with Crippen molar-refractivity contribution in [1.82, 2.24) is 24.5 Å². The van der Waals surface area contributed by atoms with E-state index < -0.39 is 0 Å². The van der Waals surface area contributed by atoms with Gasteiger partial charge in [-0.2, -0.15) is 0 Å². The number of rotatable bonds is 3. The molecular formula is C18H10N6OS2. The maximum absolute atomic E-state index is 13.1. The Labute approximate surface area is 160 Å². The molecule has 1 aromatic carbocycles. The third kappa shape index (κ3) is 2.46. The van der Waals surface area contributed by atoms with E-state index in [0.717, 1.165) is 21.3 Å². The molecule has 0 bridgehead atoms. The summed E-state index contributed by atoms with van der Waals surface area (Å²) in [5.41, 5.74) is 3.88. The maximum atomic E-state index is 13.1. The van der Waals surface area contributed by atoms with E-state index in [-0.39, 0.29) is 5.56 Å². The van der Waals surface area contributed by atoms with Crippen LogP contribution in [0.1, 0.15) is 0 Å². The summed E-state index contributed by atoms with van der Waals surface area (Å²) >= 11 is 2.83. The molecule has 5 rings (SSSR count). The fourth-order valence-electron chi connectivity index (χ4n) is 2.91. The van der Waals surface area contributed by atoms with Crippen LogP contribution >= 0.6 is 22.7 Å². The fourth-order valence-corrected chi connectivity index (χ4v) is 4.65. The van der Waals surface area contributed by atoms with Crippen LogP contribution in [0.3, 0.4) is 0 Å². The van der Waals surface area contributed by atoms with Gasteiger partial charge in [-0.3, -0.25) is 9.36 Å². The van der Waals surface area contributed by atoms with Crippen LogP contribution in [-0.4, -0.2) is 31.0 Å². The second-order valence-corrected chi connectivity index (χ2v) is 7.55. The summed E-state index contributed by atoms with van der Waals surface area (Å²) < 4.78 is 3.09. The lowest BCUT2D eigenvalue weighted by molar-refractivity contribution is 0.970. The quantitative estimate of drug-likeness (QED) is 0.477. The van der Waals surface area contributed by atoms with E-state index in [1.165, 1.54) is 35.3 Å². The molecule has 0 aliphatic carbocycles. The van der Waals surface area contributed by atoms with Gasteiger partial charge in [0, 0.05) is 0 Å². The fraction of sp³-hybridized carbons (Fsp3) is 0.0556. The zero-order chi connectivity index (χ0) is 18.4. The van der Waals surface area contributed by atoms with Gasteiger partial charge in [0.15, 0.2) is 0 Å². The number of nitrogens with zero attached hydrogens (tertiary/aromatic N) is 5. The normalized spacial score (nSPS) is 11.2. The second kappa shape index (κ2) is 6.12. The van der Waals surface area contributed by atoms with Gasteiger partial charge in [-0.15, -0.1) is 29.1 Å². The molecule has 0 saturated heterocycles. The summed E-state index contributed by atoms with van der Waals surface area (Å²) in [6, 6.07) is 5.70. The van der Waals surface area contributed by atoms with Gasteiger partial charge in [0.25, 0.3) is 5.56 Å². The first-order valence-corrected chi connectivity index (χ1v) is 9.61. The number of benzene rings is 1. The lowest BCUT2D eigenvalue weighted by Crippen LogP contribution is -2.17. The number of terminal acetylenes is 1. The Kier molecular flexibility index (Phi) is 3.60. The van der Waals surface area contributed by atoms with E-state index in [9.17, 15) is 4.79 Å². The van der Waals surface area contributed by atoms with Gasteiger partial charge in [-0.25, -0.2) is 19.9 Å². The first-order chi connectivity index (χ1) is 13.3. The molecule has 9 heteroatoms. The van der Waals surface area contributed by atoms with E-state index in [1.807, 2.05) is 18.2 Å². The number of nitrogens with one attached hydrogen (secondary N) is 1. The summed E-state index contributed by atoms with van der Waals surface area (Å²) in [4.78, 5) is 31.1. The summed E-state index contributed by atoms with van der Waals surface area (Å²) in [5, 5.41) is 3.78. The molecular weight excluding hydrogens is 380 g/mol. The number of thiazole rings is 1. The van der Waals surface area contributed by atoms with E-state index in [0.29, 0.717) is 27.4 Å². The summed E-state index contributed by atoms with van der Waals surface area (Å²) in [6.45, 7) is 0.329. The Morgan fingerprint density at radius 1 is 1.22 bits per heavy atom. The Bertz CT molecular complexity index is 1430. The molecule has 0 aliphatic rings. The predicted molar refractivity (Wildman–Crippen MR) is 109 cm³/mol. The number of hydrogen-bond donors (Lipinski definition) is 1. The molecule has 27 heavy (non-hydrogen) atoms. The van der Waals surface area contributed by atoms with Crippen molar-refractivity contribution in [1.29, 1.82) is 0 Å². The Balaban J connectivity index is 1.75. The van der Waals surface area contributed by atoms with Crippen molar-refractivity contribution in [2.75, 3.05) is 11.9 Å². The van der Waals surface area contributed by atoms with Crippen molar-refractivity contribution in [3.8, 4) is 18.0 Å². The van der Waals surface area contributed by atoms with Crippen molar-refractivity contribution < 1.29 is 0 Å². The third-order valence-electron chi connectivity index (χ3n) is 4.13. The third-order valence-corrected chi connectivity index (χ3v) is 6.00. The zero-order valence-corrected chi connectivity index (χ0v) is 15.3. The molecule has 1 N–H and O–H groups in total. The highest BCUT2D eigenvalue weighted by atomic mass is 32.1. The van der Waals surface area contributed by atoms with Gasteiger partial charge in [-0.05, 0) is 18.2 Å². The highest BCUT2D eigenvalue weighted by Gasteiger charge is 2.17. The summed E-state index contributed by atoms with van der Waals surface area (Å²) in [6.07, 6.45) is 8.31. The van der Waals surface area contributed by atoms with Gasteiger partial charge in [0.05, 0.1) is 33.3 Å². The number of hydrogen-bond acceptors (Lipinski definition) is 8. The molecule has 0 unspecified atom stereocenters. The van der Waals surface area contributed by atoms with Crippen molar-refractivity contribution in [3.63, 3.8) is 0 Å². The van der Waals surface area contributed by atoms with Gasteiger partial charge in [-0.1, -0.05) is 5.92 Å². The molecule has 4 heterocycles. The maximum Gasteiger partial charge on any atom is 0.275 e. The molecule has 0 radical (unpaired) electrons. The molecule has 5 aromatic rings. The number of fused-ring (bicyclic) bond motifs is 4. The van der Waals surface area contributed by atoms with Gasteiger partial charge < -0.3 is 5.32 Å². The lowest BCUT2D eigenvalue weighted by atomic mass is 10.3. The van der Waals surface area contributed by atoms with Crippen molar-refractivity contribution >= 4 is 59.1 Å². The van der Waals surface area contributed by atoms with Crippen LogP contribution in [0, 0.1) is 12.3 Å². The Morgan fingerprint density at radius 2 is 2.15 bits per heavy atom. The summed E-state index contributed by atoms with van der Waals surface area (Å²) in [5.74, 6) is 3.10. The molecule has 0 amide bonds. The van der Waals surface area contributed by atoms with E-state index >= 15 is 0 Å². The number of anilines is 1. The van der Waals surface area contributed by atoms with Crippen molar-refractivity contribution in [2.45, 2.75) is 0 Å². The lowest BCUT2D eigenvalue weighted by Gasteiger charge is -2.05. The number of aromatic nitrogens is 5. The smallest absolute Gasteiger partial charge is 0.275 e. The Morgan fingerprint density at radius 3 is 3.04 bits per heavy atom. The molecule has 0 atom stereocenters. The van der Waals surface area contributed by atoms with Crippen molar-refractivity contribution in [3.05, 3.63) is 46.7 Å². The minimum atomic E-state index is -0.144. The van der Waals surface area contributed by atoms with Crippen LogP contribution in [0.15, 0.2) is 41.2 Å². The zero-order valence-electron chi connectivity index (χ0n) is 13.7.